The molecule has 1 aliphatic rings. The number of hydrogen-bond donors (Lipinski definition) is 2. The van der Waals surface area contributed by atoms with Crippen LogP contribution < -0.4 is 9.72 Å². The standard InChI is InChI=1S/C20H23N5/c1-24(2)12-11-22-19-15-8-4-3-7-14(15)16(13-21)20-23-17-9-5-6-10-18(17)25(19)20/h5-6,9-10H,3-4,7-8,11-12H2,1-2H3,(H,22,23)/p+1. The van der Waals surface area contributed by atoms with Crippen LogP contribution in [0.3, 0.4) is 0 Å². The fourth-order valence-corrected chi connectivity index (χ4v) is 3.91. The number of hydrogen-bond acceptors (Lipinski definition) is 3. The summed E-state index contributed by atoms with van der Waals surface area (Å²) in [4.78, 5) is 5.66. The van der Waals surface area contributed by atoms with E-state index in [0.717, 1.165) is 60.4 Å². The summed E-state index contributed by atoms with van der Waals surface area (Å²) in [5.41, 5.74) is 6.46. The SMILES string of the molecule is CN(C)CCNc1c2c(c(C#N)c3[nH]c4ccccc4[n+]13)CCCC2. The minimum absolute atomic E-state index is 0.809. The molecule has 2 heterocycles. The van der Waals surface area contributed by atoms with Gasteiger partial charge >= 0.3 is 0 Å². The first-order valence-corrected chi connectivity index (χ1v) is 8.99. The molecule has 25 heavy (non-hydrogen) atoms. The molecule has 0 amide bonds. The third-order valence-electron chi connectivity index (χ3n) is 5.10. The average Bonchev–Trinajstić information content (AvgIpc) is 3.00. The Balaban J connectivity index is 2.00. The van der Waals surface area contributed by atoms with Crippen molar-refractivity contribution in [1.29, 1.82) is 5.26 Å². The van der Waals surface area contributed by atoms with Gasteiger partial charge in [0.25, 0.3) is 0 Å². The van der Waals surface area contributed by atoms with E-state index in [1.54, 1.807) is 0 Å². The van der Waals surface area contributed by atoms with E-state index in [0.29, 0.717) is 0 Å². The highest BCUT2D eigenvalue weighted by Gasteiger charge is 2.28. The number of H-pyrrole nitrogens is 1. The third kappa shape index (κ3) is 2.63. The van der Waals surface area contributed by atoms with Crippen LogP contribution in [-0.4, -0.2) is 37.1 Å². The Morgan fingerprint density at radius 2 is 1.96 bits per heavy atom. The quantitative estimate of drug-likeness (QED) is 0.721. The van der Waals surface area contributed by atoms with Crippen molar-refractivity contribution in [1.82, 2.24) is 9.88 Å². The number of aromatic nitrogens is 2. The summed E-state index contributed by atoms with van der Waals surface area (Å²) in [5.74, 6) is 1.16. The van der Waals surface area contributed by atoms with Crippen LogP contribution in [0.2, 0.25) is 0 Å². The van der Waals surface area contributed by atoms with Gasteiger partial charge in [0.05, 0.1) is 6.54 Å². The molecule has 0 spiro atoms. The second-order valence-corrected chi connectivity index (χ2v) is 7.06. The number of aromatic amines is 1. The number of benzene rings is 1. The van der Waals surface area contributed by atoms with Crippen LogP contribution in [0.25, 0.3) is 16.7 Å². The first-order valence-electron chi connectivity index (χ1n) is 8.99. The van der Waals surface area contributed by atoms with Gasteiger partial charge in [0, 0.05) is 12.1 Å². The zero-order valence-corrected chi connectivity index (χ0v) is 14.9. The minimum atomic E-state index is 0.809. The molecule has 0 aliphatic heterocycles. The van der Waals surface area contributed by atoms with Crippen LogP contribution in [0.5, 0.6) is 0 Å². The fourth-order valence-electron chi connectivity index (χ4n) is 3.91. The summed E-state index contributed by atoms with van der Waals surface area (Å²) in [7, 11) is 4.18. The molecular formula is C20H24N5+. The summed E-state index contributed by atoms with van der Waals surface area (Å²) < 4.78 is 2.22. The van der Waals surface area contributed by atoms with E-state index in [-0.39, 0.29) is 0 Å². The Kier molecular flexibility index (Phi) is 4.06. The Bertz CT molecular complexity index is 977. The maximum Gasteiger partial charge on any atom is 0.250 e. The molecule has 4 rings (SSSR count). The first-order chi connectivity index (χ1) is 12.2. The van der Waals surface area contributed by atoms with Crippen molar-refractivity contribution in [3.63, 3.8) is 0 Å². The Labute approximate surface area is 147 Å². The summed E-state index contributed by atoms with van der Waals surface area (Å²) in [6.45, 7) is 1.85. The number of pyridine rings is 1. The minimum Gasteiger partial charge on any atom is -0.306 e. The smallest absolute Gasteiger partial charge is 0.250 e. The molecule has 0 saturated heterocycles. The van der Waals surface area contributed by atoms with Gasteiger partial charge in [0.2, 0.25) is 11.5 Å². The topological polar surface area (TPSA) is 59.0 Å². The maximum atomic E-state index is 9.85. The first kappa shape index (κ1) is 15.9. The van der Waals surface area contributed by atoms with Crippen LogP contribution in [-0.2, 0) is 12.8 Å². The predicted molar refractivity (Wildman–Crippen MR) is 99.9 cm³/mol. The fraction of sp³-hybridized carbons (Fsp3) is 0.400. The van der Waals surface area contributed by atoms with Gasteiger partial charge in [-0.2, -0.15) is 9.66 Å². The van der Waals surface area contributed by atoms with Crippen LogP contribution in [0, 0.1) is 11.3 Å². The highest BCUT2D eigenvalue weighted by Crippen LogP contribution is 2.31. The molecule has 0 bridgehead atoms. The van der Waals surface area contributed by atoms with Crippen LogP contribution in [0.4, 0.5) is 5.82 Å². The lowest BCUT2D eigenvalue weighted by Crippen LogP contribution is -2.33. The van der Waals surface area contributed by atoms with Gasteiger partial charge in [-0.3, -0.25) is 4.98 Å². The lowest BCUT2D eigenvalue weighted by molar-refractivity contribution is -0.465. The van der Waals surface area contributed by atoms with E-state index in [1.807, 2.05) is 6.07 Å². The number of para-hydroxylation sites is 2. The number of fused-ring (bicyclic) bond motifs is 4. The average molecular weight is 334 g/mol. The van der Waals surface area contributed by atoms with E-state index in [9.17, 15) is 5.26 Å². The van der Waals surface area contributed by atoms with E-state index >= 15 is 0 Å². The molecule has 0 saturated carbocycles. The van der Waals surface area contributed by atoms with E-state index in [2.05, 4.69) is 58.0 Å². The number of nitrogens with one attached hydrogen (secondary N) is 2. The molecule has 3 aromatic rings. The third-order valence-corrected chi connectivity index (χ3v) is 5.10. The van der Waals surface area contributed by atoms with Crippen molar-refractivity contribution in [2.24, 2.45) is 0 Å². The number of imidazole rings is 1. The Morgan fingerprint density at radius 3 is 2.72 bits per heavy atom. The number of rotatable bonds is 4. The predicted octanol–water partition coefficient (Wildman–Crippen LogP) is 2.63. The number of nitrogens with zero attached hydrogens (tertiary/aromatic N) is 3. The summed E-state index contributed by atoms with van der Waals surface area (Å²) in [6.07, 6.45) is 4.38. The molecule has 1 aromatic carbocycles. The second kappa shape index (κ2) is 6.38. The lowest BCUT2D eigenvalue weighted by atomic mass is 9.89. The highest BCUT2D eigenvalue weighted by molar-refractivity contribution is 5.78. The molecule has 128 valence electrons. The van der Waals surface area contributed by atoms with E-state index in [1.165, 1.54) is 17.5 Å². The van der Waals surface area contributed by atoms with Crippen LogP contribution in [0.15, 0.2) is 24.3 Å². The summed E-state index contributed by atoms with van der Waals surface area (Å²) >= 11 is 0. The van der Waals surface area contributed by atoms with Crippen molar-refractivity contribution in [2.75, 3.05) is 32.5 Å². The molecule has 1 aliphatic carbocycles. The Morgan fingerprint density at radius 1 is 1.20 bits per heavy atom. The molecule has 0 atom stereocenters. The van der Waals surface area contributed by atoms with Gasteiger partial charge in [-0.05, 0) is 57.5 Å². The zero-order valence-electron chi connectivity index (χ0n) is 14.9. The van der Waals surface area contributed by atoms with Crippen molar-refractivity contribution in [3.05, 3.63) is 41.0 Å². The van der Waals surface area contributed by atoms with Crippen molar-refractivity contribution in [2.45, 2.75) is 25.7 Å². The number of likely N-dealkylation sites (N-methyl/N-ethyl adjacent to an activating group) is 1. The molecule has 5 heteroatoms. The van der Waals surface area contributed by atoms with Crippen LogP contribution >= 0.6 is 0 Å². The monoisotopic (exact) mass is 334 g/mol. The number of nitriles is 1. The van der Waals surface area contributed by atoms with Crippen LogP contribution in [0.1, 0.15) is 29.5 Å². The van der Waals surface area contributed by atoms with Crippen molar-refractivity contribution < 1.29 is 4.40 Å². The maximum absolute atomic E-state index is 9.85. The van der Waals surface area contributed by atoms with Crippen molar-refractivity contribution >= 4 is 22.5 Å². The molecule has 2 aromatic heterocycles. The molecule has 2 N–H and O–H groups in total. The van der Waals surface area contributed by atoms with Gasteiger partial charge in [-0.25, -0.2) is 0 Å². The molecular weight excluding hydrogens is 310 g/mol. The molecule has 0 unspecified atom stereocenters. The summed E-state index contributed by atoms with van der Waals surface area (Å²) in [5, 5.41) is 13.5. The lowest BCUT2D eigenvalue weighted by Gasteiger charge is -2.20. The van der Waals surface area contributed by atoms with Gasteiger partial charge in [-0.15, -0.1) is 0 Å². The largest absolute Gasteiger partial charge is 0.306 e. The van der Waals surface area contributed by atoms with Gasteiger partial charge < -0.3 is 10.2 Å². The number of anilines is 1. The summed E-state index contributed by atoms with van der Waals surface area (Å²) in [6, 6.07) is 10.7. The van der Waals surface area contributed by atoms with Crippen molar-refractivity contribution in [3.8, 4) is 6.07 Å². The molecule has 5 nitrogen and oxygen atoms in total. The van der Waals surface area contributed by atoms with E-state index < -0.39 is 0 Å². The van der Waals surface area contributed by atoms with Gasteiger partial charge in [0.15, 0.2) is 0 Å². The normalized spacial score (nSPS) is 14.0. The molecule has 0 fully saturated rings. The van der Waals surface area contributed by atoms with Gasteiger partial charge in [0.1, 0.15) is 22.7 Å². The highest BCUT2D eigenvalue weighted by atomic mass is 15.1. The Hall–Kier alpha value is -2.58. The molecule has 0 radical (unpaired) electrons. The second-order valence-electron chi connectivity index (χ2n) is 7.06. The zero-order chi connectivity index (χ0) is 17.4. The van der Waals surface area contributed by atoms with Gasteiger partial charge in [-0.1, -0.05) is 12.1 Å². The van der Waals surface area contributed by atoms with E-state index in [4.69, 9.17) is 0 Å².